The van der Waals surface area contributed by atoms with E-state index in [0.717, 1.165) is 30.8 Å². The Morgan fingerprint density at radius 3 is 1.56 bits per heavy atom. The van der Waals surface area contributed by atoms with Gasteiger partial charge in [0, 0.05) is 42.9 Å². The summed E-state index contributed by atoms with van der Waals surface area (Å²) in [5.74, 6) is 0. The first kappa shape index (κ1) is 10.6. The molecule has 86 valence electrons. The average Bonchev–Trinajstić information content (AvgIpc) is 2.34. The minimum atomic E-state index is 1.00. The van der Waals surface area contributed by atoms with E-state index in [4.69, 9.17) is 0 Å². The molecular formula is C14H6Br2N2. The van der Waals surface area contributed by atoms with Gasteiger partial charge in [-0.15, -0.1) is 0 Å². The highest BCUT2D eigenvalue weighted by Gasteiger charge is 2.11. The molecule has 0 aliphatic carbocycles. The number of nitrogens with zero attached hydrogens (tertiary/aromatic N) is 2. The van der Waals surface area contributed by atoms with Gasteiger partial charge in [0.2, 0.25) is 0 Å². The van der Waals surface area contributed by atoms with Crippen LogP contribution < -0.4 is 0 Å². The van der Waals surface area contributed by atoms with Crippen LogP contribution in [0, 0.1) is 0 Å². The van der Waals surface area contributed by atoms with Crippen LogP contribution >= 0.6 is 31.9 Å². The monoisotopic (exact) mass is 360 g/mol. The molecule has 18 heavy (non-hydrogen) atoms. The third-order valence-electron chi connectivity index (χ3n) is 3.16. The van der Waals surface area contributed by atoms with E-state index in [1.54, 1.807) is 0 Å². The van der Waals surface area contributed by atoms with Gasteiger partial charge in [-0.1, -0.05) is 31.9 Å². The third kappa shape index (κ3) is 1.39. The van der Waals surface area contributed by atoms with Gasteiger partial charge in [0.25, 0.3) is 0 Å². The molecule has 0 unspecified atom stereocenters. The van der Waals surface area contributed by atoms with Gasteiger partial charge in [-0.3, -0.25) is 9.97 Å². The summed E-state index contributed by atoms with van der Waals surface area (Å²) < 4.78 is 2.06. The molecule has 2 aromatic heterocycles. The highest BCUT2D eigenvalue weighted by atomic mass is 79.9. The number of hydrogen-bond acceptors (Lipinski definition) is 2. The van der Waals surface area contributed by atoms with Gasteiger partial charge in [-0.05, 0) is 24.3 Å². The van der Waals surface area contributed by atoms with Gasteiger partial charge < -0.3 is 0 Å². The molecule has 0 amide bonds. The van der Waals surface area contributed by atoms with Crippen LogP contribution in [0.15, 0.2) is 45.6 Å². The Bertz CT molecular complexity index is 760. The number of hydrogen-bond donors (Lipinski definition) is 0. The molecule has 0 aliphatic heterocycles. The Balaban J connectivity index is 2.41. The second-order valence-electron chi connectivity index (χ2n) is 4.29. The lowest BCUT2D eigenvalue weighted by Gasteiger charge is -2.09. The van der Waals surface area contributed by atoms with Crippen LogP contribution in [-0.4, -0.2) is 9.97 Å². The molecule has 0 atom stereocenters. The van der Waals surface area contributed by atoms with Crippen LogP contribution in [0.25, 0.3) is 32.6 Å². The number of benzene rings is 2. The van der Waals surface area contributed by atoms with Crippen molar-refractivity contribution >= 4 is 64.4 Å². The first-order chi connectivity index (χ1) is 8.72. The molecule has 0 saturated heterocycles. The van der Waals surface area contributed by atoms with Crippen molar-refractivity contribution in [1.29, 1.82) is 0 Å². The molecule has 0 spiro atoms. The maximum absolute atomic E-state index is 4.53. The summed E-state index contributed by atoms with van der Waals surface area (Å²) >= 11 is 7.02. The molecule has 2 heterocycles. The fourth-order valence-corrected chi connectivity index (χ4v) is 3.38. The molecule has 4 rings (SSSR count). The zero-order chi connectivity index (χ0) is 12.3. The lowest BCUT2D eigenvalue weighted by atomic mass is 10.0. The van der Waals surface area contributed by atoms with Crippen LogP contribution in [0.1, 0.15) is 0 Å². The lowest BCUT2D eigenvalue weighted by molar-refractivity contribution is 1.40. The Morgan fingerprint density at radius 2 is 1.11 bits per heavy atom. The molecule has 0 fully saturated rings. The quantitative estimate of drug-likeness (QED) is 0.416. The SMILES string of the molecule is Brc1cc2cnc3cc(Br)cc4cnc(c1)c2c43. The summed E-state index contributed by atoms with van der Waals surface area (Å²) in [6.45, 7) is 0. The maximum atomic E-state index is 4.53. The van der Waals surface area contributed by atoms with Gasteiger partial charge in [0.1, 0.15) is 0 Å². The van der Waals surface area contributed by atoms with E-state index in [0.29, 0.717) is 0 Å². The fraction of sp³-hybridized carbons (Fsp3) is 0. The highest BCUT2D eigenvalue weighted by Crippen LogP contribution is 2.35. The second-order valence-corrected chi connectivity index (χ2v) is 6.13. The highest BCUT2D eigenvalue weighted by molar-refractivity contribution is 9.10. The van der Waals surface area contributed by atoms with Crippen LogP contribution in [0.5, 0.6) is 0 Å². The predicted octanol–water partition coefficient (Wildman–Crippen LogP) is 4.90. The first-order valence-electron chi connectivity index (χ1n) is 5.48. The molecule has 4 aromatic rings. The number of aromatic nitrogens is 2. The zero-order valence-electron chi connectivity index (χ0n) is 9.11. The summed E-state index contributed by atoms with van der Waals surface area (Å²) in [6.07, 6.45) is 3.81. The largest absolute Gasteiger partial charge is 0.256 e. The van der Waals surface area contributed by atoms with E-state index < -0.39 is 0 Å². The van der Waals surface area contributed by atoms with Crippen molar-refractivity contribution in [3.63, 3.8) is 0 Å². The van der Waals surface area contributed by atoms with Gasteiger partial charge >= 0.3 is 0 Å². The van der Waals surface area contributed by atoms with Crippen LogP contribution in [0.4, 0.5) is 0 Å². The van der Waals surface area contributed by atoms with Gasteiger partial charge in [0.15, 0.2) is 0 Å². The Labute approximate surface area is 120 Å². The standard InChI is InChI=1S/C14H6Br2N2/c15-9-1-7-5-17-12-4-10(16)2-8-6-18-11(3-9)13(7)14(8)12/h1-6H. The van der Waals surface area contributed by atoms with E-state index in [-0.39, 0.29) is 0 Å². The summed E-state index contributed by atoms with van der Waals surface area (Å²) in [4.78, 5) is 9.07. The topological polar surface area (TPSA) is 25.8 Å². The smallest absolute Gasteiger partial charge is 0.0727 e. The number of halogens is 2. The van der Waals surface area contributed by atoms with E-state index in [9.17, 15) is 0 Å². The number of rotatable bonds is 0. The van der Waals surface area contributed by atoms with Crippen molar-refractivity contribution in [1.82, 2.24) is 9.97 Å². The normalized spacial score (nSPS) is 11.9. The predicted molar refractivity (Wildman–Crippen MR) is 81.1 cm³/mol. The van der Waals surface area contributed by atoms with Crippen molar-refractivity contribution < 1.29 is 0 Å². The molecule has 0 saturated carbocycles. The molecule has 4 heteroatoms. The second kappa shape index (κ2) is 3.62. The zero-order valence-corrected chi connectivity index (χ0v) is 12.3. The van der Waals surface area contributed by atoms with Crippen molar-refractivity contribution in [2.75, 3.05) is 0 Å². The average molecular weight is 362 g/mol. The first-order valence-corrected chi connectivity index (χ1v) is 7.06. The summed E-state index contributed by atoms with van der Waals surface area (Å²) in [5, 5.41) is 4.61. The van der Waals surface area contributed by atoms with Gasteiger partial charge in [-0.2, -0.15) is 0 Å². The van der Waals surface area contributed by atoms with E-state index >= 15 is 0 Å². The molecule has 0 radical (unpaired) electrons. The van der Waals surface area contributed by atoms with Crippen LogP contribution in [0.3, 0.4) is 0 Å². The van der Waals surface area contributed by atoms with Crippen molar-refractivity contribution in [3.05, 3.63) is 45.6 Å². The molecule has 2 aromatic carbocycles. The lowest BCUT2D eigenvalue weighted by Crippen LogP contribution is -1.89. The molecule has 2 nitrogen and oxygen atoms in total. The van der Waals surface area contributed by atoms with Crippen molar-refractivity contribution in [2.24, 2.45) is 0 Å². The number of pyridine rings is 2. The molecule has 0 N–H and O–H groups in total. The maximum Gasteiger partial charge on any atom is 0.0727 e. The van der Waals surface area contributed by atoms with Crippen molar-refractivity contribution in [3.8, 4) is 0 Å². The van der Waals surface area contributed by atoms with Gasteiger partial charge in [0.05, 0.1) is 11.0 Å². The summed E-state index contributed by atoms with van der Waals surface area (Å²) in [6, 6.07) is 8.25. The Kier molecular flexibility index (Phi) is 2.14. The van der Waals surface area contributed by atoms with E-state index in [1.807, 2.05) is 24.5 Å². The Hall–Kier alpha value is -1.26. The minimum absolute atomic E-state index is 1.00. The van der Waals surface area contributed by atoms with Crippen molar-refractivity contribution in [2.45, 2.75) is 0 Å². The summed E-state index contributed by atoms with van der Waals surface area (Å²) in [5.41, 5.74) is 2.00. The van der Waals surface area contributed by atoms with Crippen LogP contribution in [-0.2, 0) is 0 Å². The summed E-state index contributed by atoms with van der Waals surface area (Å²) in [7, 11) is 0. The fourth-order valence-electron chi connectivity index (χ4n) is 2.46. The Morgan fingerprint density at radius 1 is 0.667 bits per heavy atom. The molecule has 0 bridgehead atoms. The molecule has 0 aliphatic rings. The van der Waals surface area contributed by atoms with Crippen LogP contribution in [0.2, 0.25) is 0 Å². The van der Waals surface area contributed by atoms with Gasteiger partial charge in [-0.25, -0.2) is 0 Å². The van der Waals surface area contributed by atoms with E-state index in [2.05, 4.69) is 54.0 Å². The molecular weight excluding hydrogens is 356 g/mol. The van der Waals surface area contributed by atoms with E-state index in [1.165, 1.54) is 10.8 Å². The minimum Gasteiger partial charge on any atom is -0.256 e. The third-order valence-corrected chi connectivity index (χ3v) is 4.08.